The quantitative estimate of drug-likeness (QED) is 0.815. The highest BCUT2D eigenvalue weighted by molar-refractivity contribution is 5.25. The summed E-state index contributed by atoms with van der Waals surface area (Å²) in [5.41, 5.74) is 2.83. The lowest BCUT2D eigenvalue weighted by atomic mass is 9.89. The Morgan fingerprint density at radius 1 is 1.14 bits per heavy atom. The zero-order valence-corrected chi connectivity index (χ0v) is 14.1. The summed E-state index contributed by atoms with van der Waals surface area (Å²) < 4.78 is 0. The Morgan fingerprint density at radius 2 is 1.81 bits per heavy atom. The number of nitrogens with zero attached hydrogens (tertiary/aromatic N) is 1. The van der Waals surface area contributed by atoms with Gasteiger partial charge in [0.1, 0.15) is 0 Å². The van der Waals surface area contributed by atoms with Crippen molar-refractivity contribution >= 4 is 0 Å². The number of benzene rings is 1. The van der Waals surface area contributed by atoms with E-state index in [1.807, 2.05) is 0 Å². The van der Waals surface area contributed by atoms with Crippen LogP contribution in [0.15, 0.2) is 24.3 Å². The predicted octanol–water partition coefficient (Wildman–Crippen LogP) is 4.02. The van der Waals surface area contributed by atoms with Crippen LogP contribution in [0.25, 0.3) is 0 Å². The number of hydrogen-bond acceptors (Lipinski definition) is 2. The smallest absolute Gasteiger partial charge is 0.0446 e. The molecular weight excluding hydrogens is 256 g/mol. The second-order valence-electron chi connectivity index (χ2n) is 6.66. The Labute approximate surface area is 130 Å². The average molecular weight is 288 g/mol. The van der Waals surface area contributed by atoms with E-state index in [0.717, 1.165) is 18.9 Å². The van der Waals surface area contributed by atoms with Gasteiger partial charge in [-0.25, -0.2) is 0 Å². The first-order valence-corrected chi connectivity index (χ1v) is 8.67. The molecule has 0 bridgehead atoms. The van der Waals surface area contributed by atoms with E-state index in [2.05, 4.69) is 55.5 Å². The molecule has 0 saturated heterocycles. The van der Waals surface area contributed by atoms with Crippen LogP contribution < -0.4 is 5.32 Å². The second kappa shape index (κ2) is 8.55. The number of hydrogen-bond donors (Lipinski definition) is 1. The summed E-state index contributed by atoms with van der Waals surface area (Å²) >= 11 is 0. The Hall–Kier alpha value is -0.860. The van der Waals surface area contributed by atoms with Crippen LogP contribution in [0.4, 0.5) is 0 Å². The van der Waals surface area contributed by atoms with Crippen molar-refractivity contribution in [1.29, 1.82) is 0 Å². The van der Waals surface area contributed by atoms with Crippen molar-refractivity contribution in [1.82, 2.24) is 10.2 Å². The molecule has 21 heavy (non-hydrogen) atoms. The highest BCUT2D eigenvalue weighted by atomic mass is 15.1. The summed E-state index contributed by atoms with van der Waals surface area (Å²) in [6.45, 7) is 4.56. The van der Waals surface area contributed by atoms with E-state index in [9.17, 15) is 0 Å². The molecule has 0 aliphatic heterocycles. The van der Waals surface area contributed by atoms with Crippen LogP contribution in [0.2, 0.25) is 0 Å². The lowest BCUT2D eigenvalue weighted by Crippen LogP contribution is -2.34. The molecule has 1 aliphatic carbocycles. The normalized spacial score (nSPS) is 18.1. The third kappa shape index (κ3) is 5.12. The van der Waals surface area contributed by atoms with E-state index < -0.39 is 0 Å². The number of nitrogens with one attached hydrogen (secondary N) is 1. The van der Waals surface area contributed by atoms with Gasteiger partial charge in [-0.15, -0.1) is 0 Å². The van der Waals surface area contributed by atoms with Crippen molar-refractivity contribution in [2.24, 2.45) is 5.92 Å². The van der Waals surface area contributed by atoms with Crippen molar-refractivity contribution in [3.63, 3.8) is 0 Å². The van der Waals surface area contributed by atoms with Crippen LogP contribution in [-0.4, -0.2) is 32.1 Å². The van der Waals surface area contributed by atoms with Gasteiger partial charge < -0.3 is 10.2 Å². The van der Waals surface area contributed by atoms with Crippen LogP contribution in [0.1, 0.15) is 56.2 Å². The average Bonchev–Trinajstić information content (AvgIpc) is 2.53. The molecule has 2 nitrogen and oxygen atoms in total. The van der Waals surface area contributed by atoms with Crippen molar-refractivity contribution < 1.29 is 0 Å². The maximum absolute atomic E-state index is 3.48. The van der Waals surface area contributed by atoms with Gasteiger partial charge in [-0.05, 0) is 50.4 Å². The van der Waals surface area contributed by atoms with Crippen molar-refractivity contribution in [3.8, 4) is 0 Å². The van der Waals surface area contributed by atoms with E-state index in [1.165, 1.54) is 49.8 Å². The minimum absolute atomic E-state index is 0.435. The van der Waals surface area contributed by atoms with E-state index in [-0.39, 0.29) is 0 Å². The fraction of sp³-hybridized carbons (Fsp3) is 0.684. The summed E-state index contributed by atoms with van der Waals surface area (Å²) in [6, 6.07) is 9.54. The van der Waals surface area contributed by atoms with Crippen molar-refractivity contribution in [3.05, 3.63) is 35.4 Å². The third-order valence-corrected chi connectivity index (χ3v) is 4.93. The van der Waals surface area contributed by atoms with Gasteiger partial charge in [-0.2, -0.15) is 0 Å². The predicted molar refractivity (Wildman–Crippen MR) is 91.7 cm³/mol. The zero-order valence-electron chi connectivity index (χ0n) is 14.1. The maximum Gasteiger partial charge on any atom is 0.0446 e. The monoisotopic (exact) mass is 288 g/mol. The van der Waals surface area contributed by atoms with E-state index in [4.69, 9.17) is 0 Å². The van der Waals surface area contributed by atoms with Crippen LogP contribution in [0.5, 0.6) is 0 Å². The molecule has 1 fully saturated rings. The Kier molecular flexibility index (Phi) is 6.72. The van der Waals surface area contributed by atoms with Gasteiger partial charge in [-0.1, -0.05) is 50.5 Å². The van der Waals surface area contributed by atoms with Crippen LogP contribution in [-0.2, 0) is 6.42 Å². The minimum Gasteiger partial charge on any atom is -0.312 e. The topological polar surface area (TPSA) is 15.3 Å². The number of aryl methyl sites for hydroxylation is 1. The molecule has 1 saturated carbocycles. The molecular formula is C19H32N2. The van der Waals surface area contributed by atoms with E-state index in [1.54, 1.807) is 0 Å². The Balaban J connectivity index is 1.87. The molecule has 0 amide bonds. The SMILES string of the molecule is CCc1ccc(C(CN(C)CC2CCCCC2)NC)cc1. The molecule has 0 spiro atoms. The second-order valence-corrected chi connectivity index (χ2v) is 6.66. The molecule has 2 heteroatoms. The molecule has 1 unspecified atom stereocenters. The fourth-order valence-corrected chi connectivity index (χ4v) is 3.55. The van der Waals surface area contributed by atoms with Crippen molar-refractivity contribution in [2.75, 3.05) is 27.2 Å². The first-order chi connectivity index (χ1) is 10.2. The molecule has 1 aliphatic rings. The highest BCUT2D eigenvalue weighted by Crippen LogP contribution is 2.24. The van der Waals surface area contributed by atoms with E-state index in [0.29, 0.717) is 6.04 Å². The summed E-state index contributed by atoms with van der Waals surface area (Å²) in [5, 5.41) is 3.48. The third-order valence-electron chi connectivity index (χ3n) is 4.93. The molecule has 2 rings (SSSR count). The first kappa shape index (κ1) is 16.5. The molecule has 1 aromatic carbocycles. The van der Waals surface area contributed by atoms with Crippen LogP contribution in [0, 0.1) is 5.92 Å². The lowest BCUT2D eigenvalue weighted by molar-refractivity contribution is 0.218. The highest BCUT2D eigenvalue weighted by Gasteiger charge is 2.18. The molecule has 0 heterocycles. The van der Waals surface area contributed by atoms with Gasteiger partial charge in [-0.3, -0.25) is 0 Å². The summed E-state index contributed by atoms with van der Waals surface area (Å²) in [7, 11) is 4.35. The van der Waals surface area contributed by atoms with Crippen molar-refractivity contribution in [2.45, 2.75) is 51.5 Å². The summed E-state index contributed by atoms with van der Waals surface area (Å²) in [5.74, 6) is 0.920. The van der Waals surface area contributed by atoms with Gasteiger partial charge in [0.25, 0.3) is 0 Å². The van der Waals surface area contributed by atoms with Gasteiger partial charge in [0.2, 0.25) is 0 Å². The molecule has 0 radical (unpaired) electrons. The maximum atomic E-state index is 3.48. The van der Waals surface area contributed by atoms with Gasteiger partial charge in [0, 0.05) is 19.1 Å². The summed E-state index contributed by atoms with van der Waals surface area (Å²) in [6.07, 6.45) is 8.30. The molecule has 118 valence electrons. The zero-order chi connectivity index (χ0) is 15.1. The standard InChI is InChI=1S/C19H32N2/c1-4-16-10-12-18(13-11-16)19(20-2)15-21(3)14-17-8-6-5-7-9-17/h10-13,17,19-20H,4-9,14-15H2,1-3H3. The summed E-state index contributed by atoms with van der Waals surface area (Å²) in [4.78, 5) is 2.52. The Morgan fingerprint density at radius 3 is 2.38 bits per heavy atom. The molecule has 1 N–H and O–H groups in total. The van der Waals surface area contributed by atoms with Crippen LogP contribution >= 0.6 is 0 Å². The number of rotatable bonds is 7. The van der Waals surface area contributed by atoms with Gasteiger partial charge in [0.05, 0.1) is 0 Å². The van der Waals surface area contributed by atoms with Crippen LogP contribution in [0.3, 0.4) is 0 Å². The van der Waals surface area contributed by atoms with E-state index >= 15 is 0 Å². The Bertz CT molecular complexity index is 393. The number of likely N-dealkylation sites (N-methyl/N-ethyl adjacent to an activating group) is 2. The molecule has 1 aromatic rings. The first-order valence-electron chi connectivity index (χ1n) is 8.67. The minimum atomic E-state index is 0.435. The molecule has 0 aromatic heterocycles. The largest absolute Gasteiger partial charge is 0.312 e. The van der Waals surface area contributed by atoms with Gasteiger partial charge in [0.15, 0.2) is 0 Å². The fourth-order valence-electron chi connectivity index (χ4n) is 3.55. The lowest BCUT2D eigenvalue weighted by Gasteiger charge is -2.29. The van der Waals surface area contributed by atoms with Gasteiger partial charge >= 0.3 is 0 Å². The molecule has 1 atom stereocenters.